The summed E-state index contributed by atoms with van der Waals surface area (Å²) in [7, 11) is 0. The van der Waals surface area contributed by atoms with Crippen molar-refractivity contribution in [2.75, 3.05) is 0 Å². The molecule has 1 N–H and O–H groups in total. The minimum Gasteiger partial charge on any atom is -0.427 e. The van der Waals surface area contributed by atoms with E-state index in [4.69, 9.17) is 4.74 Å². The second kappa shape index (κ2) is 5.20. The zero-order valence-electron chi connectivity index (χ0n) is 13.8. The highest BCUT2D eigenvalue weighted by Gasteiger charge is 2.49. The molecule has 122 valence electrons. The lowest BCUT2D eigenvalue weighted by atomic mass is 9.93. The van der Waals surface area contributed by atoms with Crippen molar-refractivity contribution in [1.29, 1.82) is 0 Å². The highest BCUT2D eigenvalue weighted by Crippen LogP contribution is 2.43. The molecule has 1 fully saturated rings. The first-order valence-corrected chi connectivity index (χ1v) is 7.81. The van der Waals surface area contributed by atoms with Crippen molar-refractivity contribution in [3.05, 3.63) is 40.6 Å². The number of hydroxylamine groups is 2. The Kier molecular flexibility index (Phi) is 3.56. The van der Waals surface area contributed by atoms with Crippen LogP contribution in [0.2, 0.25) is 0 Å². The van der Waals surface area contributed by atoms with Crippen molar-refractivity contribution >= 4 is 17.4 Å². The number of rotatable bonds is 3. The van der Waals surface area contributed by atoms with Crippen LogP contribution in [0, 0.1) is 19.8 Å². The Morgan fingerprint density at radius 3 is 2.35 bits per heavy atom. The maximum atomic E-state index is 12.6. The van der Waals surface area contributed by atoms with Crippen molar-refractivity contribution in [3.63, 3.8) is 0 Å². The quantitative estimate of drug-likeness (QED) is 0.688. The summed E-state index contributed by atoms with van der Waals surface area (Å²) >= 11 is 0. The molecule has 5 nitrogen and oxygen atoms in total. The number of esters is 1. The van der Waals surface area contributed by atoms with E-state index in [-0.39, 0.29) is 23.2 Å². The van der Waals surface area contributed by atoms with Crippen LogP contribution in [0.1, 0.15) is 43.4 Å². The fourth-order valence-electron chi connectivity index (χ4n) is 2.97. The zero-order chi connectivity index (χ0) is 16.9. The van der Waals surface area contributed by atoms with Crippen LogP contribution in [0.15, 0.2) is 24.0 Å². The van der Waals surface area contributed by atoms with Crippen molar-refractivity contribution in [1.82, 2.24) is 5.06 Å². The van der Waals surface area contributed by atoms with Gasteiger partial charge in [0.05, 0.1) is 11.5 Å². The summed E-state index contributed by atoms with van der Waals surface area (Å²) in [5.74, 6) is -0.703. The molecule has 1 aliphatic heterocycles. The first-order chi connectivity index (χ1) is 10.7. The molecule has 1 aromatic rings. The number of amides is 1. The van der Waals surface area contributed by atoms with Crippen LogP contribution in [0.3, 0.4) is 0 Å². The van der Waals surface area contributed by atoms with Crippen LogP contribution < -0.4 is 0 Å². The van der Waals surface area contributed by atoms with Gasteiger partial charge >= 0.3 is 5.97 Å². The highest BCUT2D eigenvalue weighted by atomic mass is 16.6. The molecule has 5 heteroatoms. The van der Waals surface area contributed by atoms with E-state index in [1.807, 2.05) is 32.0 Å². The molecule has 0 spiro atoms. The SMILES string of the molecule is Cc1cccc(C)c1C1=C(OC(=O)C2CC2)C(C)(C)N(O)C1=O. The van der Waals surface area contributed by atoms with E-state index in [1.165, 1.54) is 0 Å². The summed E-state index contributed by atoms with van der Waals surface area (Å²) in [6.45, 7) is 7.13. The second-order valence-corrected chi connectivity index (χ2v) is 6.84. The Morgan fingerprint density at radius 1 is 1.26 bits per heavy atom. The van der Waals surface area contributed by atoms with Crippen molar-refractivity contribution in [2.45, 2.75) is 46.1 Å². The lowest BCUT2D eigenvalue weighted by Gasteiger charge is -2.27. The molecule has 1 aromatic carbocycles. The molecular formula is C18H21NO4. The predicted octanol–water partition coefficient (Wildman–Crippen LogP) is 2.98. The average molecular weight is 315 g/mol. The van der Waals surface area contributed by atoms with Crippen LogP contribution in [-0.2, 0) is 14.3 Å². The Balaban J connectivity index is 2.17. The molecule has 0 unspecified atom stereocenters. The van der Waals surface area contributed by atoms with Gasteiger partial charge in [0.2, 0.25) is 0 Å². The Morgan fingerprint density at radius 2 is 1.83 bits per heavy atom. The summed E-state index contributed by atoms with van der Waals surface area (Å²) < 4.78 is 5.59. The minimum atomic E-state index is -1.08. The van der Waals surface area contributed by atoms with Crippen LogP contribution in [0.5, 0.6) is 0 Å². The van der Waals surface area contributed by atoms with Gasteiger partial charge in [-0.25, -0.2) is 5.06 Å². The van der Waals surface area contributed by atoms with E-state index in [1.54, 1.807) is 13.8 Å². The van der Waals surface area contributed by atoms with Crippen LogP contribution in [0.25, 0.3) is 5.57 Å². The predicted molar refractivity (Wildman–Crippen MR) is 84.4 cm³/mol. The molecule has 0 aromatic heterocycles. The first-order valence-electron chi connectivity index (χ1n) is 7.81. The van der Waals surface area contributed by atoms with E-state index >= 15 is 0 Å². The summed E-state index contributed by atoms with van der Waals surface area (Å²) in [6.07, 6.45) is 1.64. The summed E-state index contributed by atoms with van der Waals surface area (Å²) in [5, 5.41) is 10.9. The van der Waals surface area contributed by atoms with Gasteiger partial charge in [0.25, 0.3) is 5.91 Å². The fourth-order valence-corrected chi connectivity index (χ4v) is 2.97. The van der Waals surface area contributed by atoms with Gasteiger partial charge in [-0.3, -0.25) is 14.8 Å². The van der Waals surface area contributed by atoms with Gasteiger partial charge in [-0.1, -0.05) is 18.2 Å². The van der Waals surface area contributed by atoms with E-state index in [0.29, 0.717) is 5.06 Å². The molecule has 2 aliphatic rings. The average Bonchev–Trinajstić information content (AvgIpc) is 3.29. The largest absolute Gasteiger partial charge is 0.427 e. The molecule has 0 bridgehead atoms. The number of carbonyl (C=O) groups is 2. The molecule has 1 heterocycles. The van der Waals surface area contributed by atoms with Crippen molar-refractivity contribution in [3.8, 4) is 0 Å². The Labute approximate surface area is 135 Å². The molecule has 3 rings (SSSR count). The maximum absolute atomic E-state index is 12.6. The van der Waals surface area contributed by atoms with Crippen molar-refractivity contribution in [2.24, 2.45) is 5.92 Å². The van der Waals surface area contributed by atoms with Gasteiger partial charge in [0, 0.05) is 0 Å². The second-order valence-electron chi connectivity index (χ2n) is 6.84. The molecule has 1 saturated carbocycles. The van der Waals surface area contributed by atoms with Crippen LogP contribution >= 0.6 is 0 Å². The lowest BCUT2D eigenvalue weighted by Crippen LogP contribution is -2.41. The van der Waals surface area contributed by atoms with Gasteiger partial charge < -0.3 is 4.74 Å². The monoisotopic (exact) mass is 315 g/mol. The van der Waals surface area contributed by atoms with Gasteiger partial charge in [0.15, 0.2) is 0 Å². The zero-order valence-corrected chi connectivity index (χ0v) is 13.8. The number of hydrogen-bond donors (Lipinski definition) is 1. The number of nitrogens with zero attached hydrogens (tertiary/aromatic N) is 1. The first kappa shape index (κ1) is 15.7. The summed E-state index contributed by atoms with van der Waals surface area (Å²) in [4.78, 5) is 24.8. The summed E-state index contributed by atoms with van der Waals surface area (Å²) in [5.41, 5.74) is 1.73. The van der Waals surface area contributed by atoms with Gasteiger partial charge in [-0.15, -0.1) is 0 Å². The molecule has 0 radical (unpaired) electrons. The molecule has 0 atom stereocenters. The van der Waals surface area contributed by atoms with Gasteiger partial charge in [0.1, 0.15) is 11.3 Å². The van der Waals surface area contributed by atoms with Crippen LogP contribution in [-0.4, -0.2) is 27.7 Å². The van der Waals surface area contributed by atoms with E-state index < -0.39 is 11.4 Å². The third-order valence-electron chi connectivity index (χ3n) is 4.56. The smallest absolute Gasteiger partial charge is 0.314 e. The number of ether oxygens (including phenoxy) is 1. The maximum Gasteiger partial charge on any atom is 0.314 e. The standard InChI is InChI=1S/C18H21NO4/c1-10-6-5-7-11(2)13(10)14-15(23-17(21)12-8-9-12)18(3,4)19(22)16(14)20/h5-7,12,22H,8-9H2,1-4H3. The normalized spacial score (nSPS) is 20.2. The van der Waals surface area contributed by atoms with Gasteiger partial charge in [-0.05, 0) is 57.2 Å². The van der Waals surface area contributed by atoms with Gasteiger partial charge in [-0.2, -0.15) is 0 Å². The third kappa shape index (κ3) is 2.45. The molecule has 1 amide bonds. The van der Waals surface area contributed by atoms with Crippen LogP contribution in [0.4, 0.5) is 0 Å². The number of carbonyl (C=O) groups excluding carboxylic acids is 2. The summed E-state index contributed by atoms with van der Waals surface area (Å²) in [6, 6.07) is 5.71. The topological polar surface area (TPSA) is 66.8 Å². The molecule has 1 aliphatic carbocycles. The van der Waals surface area contributed by atoms with E-state index in [0.717, 1.165) is 29.5 Å². The molecule has 0 saturated heterocycles. The van der Waals surface area contributed by atoms with Crippen molar-refractivity contribution < 1.29 is 19.5 Å². The number of hydrogen-bond acceptors (Lipinski definition) is 4. The number of benzene rings is 1. The molecule has 23 heavy (non-hydrogen) atoms. The van der Waals surface area contributed by atoms with E-state index in [9.17, 15) is 14.8 Å². The number of aryl methyl sites for hydroxylation is 2. The minimum absolute atomic E-state index is 0.0830. The van der Waals surface area contributed by atoms with E-state index in [2.05, 4.69) is 0 Å². The fraction of sp³-hybridized carbons (Fsp3) is 0.444. The molecular weight excluding hydrogens is 294 g/mol. The third-order valence-corrected chi connectivity index (χ3v) is 4.56. The lowest BCUT2D eigenvalue weighted by molar-refractivity contribution is -0.177. The Bertz CT molecular complexity index is 708. The highest BCUT2D eigenvalue weighted by molar-refractivity contribution is 6.23. The Hall–Kier alpha value is -2.14.